The van der Waals surface area contributed by atoms with Gasteiger partial charge in [0.2, 0.25) is 5.91 Å². The zero-order valence-electron chi connectivity index (χ0n) is 13.9. The average Bonchev–Trinajstić information content (AvgIpc) is 3.30. The van der Waals surface area contributed by atoms with E-state index in [2.05, 4.69) is 11.4 Å². The van der Waals surface area contributed by atoms with Gasteiger partial charge in [0.15, 0.2) is 0 Å². The number of carbonyl (C=O) groups is 2. The van der Waals surface area contributed by atoms with Crippen molar-refractivity contribution in [1.82, 2.24) is 4.90 Å². The molecule has 7 heteroatoms. The number of hydrogen-bond donors (Lipinski definition) is 1. The van der Waals surface area contributed by atoms with Gasteiger partial charge in [-0.25, -0.2) is 0 Å². The molecular weight excluding hydrogens is 354 g/mol. The lowest BCUT2D eigenvalue weighted by Gasteiger charge is -2.31. The smallest absolute Gasteiger partial charge is 0.263 e. The van der Waals surface area contributed by atoms with Crippen LogP contribution in [0.15, 0.2) is 23.6 Å². The van der Waals surface area contributed by atoms with Crippen molar-refractivity contribution in [3.05, 3.63) is 38.9 Å². The minimum atomic E-state index is -0.119. The molecule has 0 aromatic carbocycles. The first-order chi connectivity index (χ1) is 12.1. The Morgan fingerprint density at radius 2 is 2.16 bits per heavy atom. The van der Waals surface area contributed by atoms with Crippen LogP contribution >= 0.6 is 22.7 Å². The largest absolute Gasteiger partial charge is 0.338 e. The maximum absolute atomic E-state index is 12.5. The van der Waals surface area contributed by atoms with Crippen LogP contribution < -0.4 is 5.32 Å². The molecule has 2 amide bonds. The van der Waals surface area contributed by atoms with Gasteiger partial charge < -0.3 is 10.2 Å². The molecule has 3 heterocycles. The number of carbonyl (C=O) groups excluding carboxylic acids is 2. The highest BCUT2D eigenvalue weighted by atomic mass is 32.1. The number of amides is 2. The second-order valence-electron chi connectivity index (χ2n) is 5.95. The fraction of sp³-hybridized carbons (Fsp3) is 0.389. The van der Waals surface area contributed by atoms with E-state index in [4.69, 9.17) is 0 Å². The van der Waals surface area contributed by atoms with E-state index >= 15 is 0 Å². The SMILES string of the molecule is CCc1cc(C#N)c(NC(=O)C2CCN(C(=O)c3cccs3)CC2)s1. The summed E-state index contributed by atoms with van der Waals surface area (Å²) in [6.45, 7) is 3.20. The first kappa shape index (κ1) is 17.6. The minimum absolute atomic E-state index is 0.0477. The second-order valence-corrected chi connectivity index (χ2v) is 8.04. The molecule has 0 saturated carbocycles. The molecule has 25 heavy (non-hydrogen) atoms. The van der Waals surface area contributed by atoms with Gasteiger partial charge in [-0.1, -0.05) is 13.0 Å². The van der Waals surface area contributed by atoms with Gasteiger partial charge >= 0.3 is 0 Å². The predicted molar refractivity (Wildman–Crippen MR) is 100.0 cm³/mol. The summed E-state index contributed by atoms with van der Waals surface area (Å²) in [6.07, 6.45) is 2.14. The van der Waals surface area contributed by atoms with Gasteiger partial charge in [-0.05, 0) is 36.8 Å². The predicted octanol–water partition coefficient (Wildman–Crippen LogP) is 3.73. The highest BCUT2D eigenvalue weighted by Gasteiger charge is 2.28. The molecule has 1 saturated heterocycles. The number of piperidine rings is 1. The quantitative estimate of drug-likeness (QED) is 0.887. The summed E-state index contributed by atoms with van der Waals surface area (Å²) in [5, 5.41) is 14.6. The highest BCUT2D eigenvalue weighted by molar-refractivity contribution is 7.16. The first-order valence-electron chi connectivity index (χ1n) is 8.28. The number of rotatable bonds is 4. The monoisotopic (exact) mass is 373 g/mol. The van der Waals surface area contributed by atoms with E-state index in [0.29, 0.717) is 36.5 Å². The van der Waals surface area contributed by atoms with E-state index in [1.165, 1.54) is 22.7 Å². The van der Waals surface area contributed by atoms with Gasteiger partial charge in [0.05, 0.1) is 10.4 Å². The lowest BCUT2D eigenvalue weighted by atomic mass is 9.96. The molecule has 130 valence electrons. The van der Waals surface area contributed by atoms with Crippen molar-refractivity contribution in [2.45, 2.75) is 26.2 Å². The molecule has 1 aliphatic rings. The molecular formula is C18H19N3O2S2. The lowest BCUT2D eigenvalue weighted by Crippen LogP contribution is -2.41. The molecule has 0 atom stereocenters. The molecule has 1 N–H and O–H groups in total. The molecule has 0 radical (unpaired) electrons. The van der Waals surface area contributed by atoms with E-state index in [9.17, 15) is 14.9 Å². The van der Waals surface area contributed by atoms with Crippen LogP contribution in [0.3, 0.4) is 0 Å². The lowest BCUT2D eigenvalue weighted by molar-refractivity contribution is -0.121. The van der Waals surface area contributed by atoms with Gasteiger partial charge in [-0.15, -0.1) is 22.7 Å². The maximum atomic E-state index is 12.5. The van der Waals surface area contributed by atoms with Gasteiger partial charge in [-0.2, -0.15) is 5.26 Å². The van der Waals surface area contributed by atoms with Gasteiger partial charge in [0, 0.05) is 23.9 Å². The summed E-state index contributed by atoms with van der Waals surface area (Å²) in [4.78, 5) is 28.5. The molecule has 0 bridgehead atoms. The zero-order chi connectivity index (χ0) is 17.8. The Morgan fingerprint density at radius 1 is 1.40 bits per heavy atom. The number of nitrogens with zero attached hydrogens (tertiary/aromatic N) is 2. The van der Waals surface area contributed by atoms with Crippen LogP contribution in [0.2, 0.25) is 0 Å². The molecule has 0 spiro atoms. The molecule has 0 unspecified atom stereocenters. The van der Waals surface area contributed by atoms with Gasteiger partial charge in [-0.3, -0.25) is 9.59 Å². The highest BCUT2D eigenvalue weighted by Crippen LogP contribution is 2.29. The Hall–Kier alpha value is -2.17. The van der Waals surface area contributed by atoms with Gasteiger partial charge in [0.1, 0.15) is 11.1 Å². The summed E-state index contributed by atoms with van der Waals surface area (Å²) in [7, 11) is 0. The summed E-state index contributed by atoms with van der Waals surface area (Å²) in [5.41, 5.74) is 0.528. The number of nitriles is 1. The Balaban J connectivity index is 1.58. The Bertz CT molecular complexity index is 797. The van der Waals surface area contributed by atoms with E-state index in [-0.39, 0.29) is 17.7 Å². The van der Waals surface area contributed by atoms with E-state index < -0.39 is 0 Å². The third-order valence-corrected chi connectivity index (χ3v) is 6.43. The van der Waals surface area contributed by atoms with Crippen LogP contribution in [-0.2, 0) is 11.2 Å². The normalized spacial score (nSPS) is 15.0. The van der Waals surface area contributed by atoms with Crippen molar-refractivity contribution in [1.29, 1.82) is 5.26 Å². The summed E-state index contributed by atoms with van der Waals surface area (Å²) < 4.78 is 0. The first-order valence-corrected chi connectivity index (χ1v) is 9.98. The number of anilines is 1. The van der Waals surface area contributed by atoms with E-state index in [0.717, 1.165) is 16.2 Å². The van der Waals surface area contributed by atoms with Crippen LogP contribution in [-0.4, -0.2) is 29.8 Å². The fourth-order valence-corrected chi connectivity index (χ4v) is 4.55. The second kappa shape index (κ2) is 7.81. The number of likely N-dealkylation sites (tertiary alicyclic amines) is 1. The molecule has 2 aromatic rings. The van der Waals surface area contributed by atoms with Crippen LogP contribution in [0.25, 0.3) is 0 Å². The fourth-order valence-electron chi connectivity index (χ4n) is 2.91. The number of nitrogens with one attached hydrogen (secondary N) is 1. The number of aryl methyl sites for hydroxylation is 1. The van der Waals surface area contributed by atoms with Crippen molar-refractivity contribution in [3.8, 4) is 6.07 Å². The van der Waals surface area contributed by atoms with E-state index in [1.807, 2.05) is 35.4 Å². The Labute approximate surface area is 154 Å². The molecule has 1 aliphatic heterocycles. The van der Waals surface area contributed by atoms with Crippen LogP contribution in [0.1, 0.15) is 39.9 Å². The molecule has 2 aromatic heterocycles. The average molecular weight is 374 g/mol. The minimum Gasteiger partial charge on any atom is -0.338 e. The standard InChI is InChI=1S/C18H19N3O2S2/c1-2-14-10-13(11-19)17(25-14)20-16(22)12-5-7-21(8-6-12)18(23)15-4-3-9-24-15/h3-4,9-10,12H,2,5-8H2,1H3,(H,20,22). The van der Waals surface area contributed by atoms with Crippen LogP contribution in [0, 0.1) is 17.2 Å². The third-order valence-electron chi connectivity index (χ3n) is 4.37. The molecule has 0 aliphatic carbocycles. The van der Waals surface area contributed by atoms with Crippen LogP contribution in [0.5, 0.6) is 0 Å². The maximum Gasteiger partial charge on any atom is 0.263 e. The van der Waals surface area contributed by atoms with Gasteiger partial charge in [0.25, 0.3) is 5.91 Å². The third kappa shape index (κ3) is 3.91. The molecule has 5 nitrogen and oxygen atoms in total. The summed E-state index contributed by atoms with van der Waals surface area (Å²) in [6, 6.07) is 7.68. The summed E-state index contributed by atoms with van der Waals surface area (Å²) >= 11 is 2.90. The van der Waals surface area contributed by atoms with Crippen molar-refractivity contribution < 1.29 is 9.59 Å². The van der Waals surface area contributed by atoms with Crippen molar-refractivity contribution in [2.75, 3.05) is 18.4 Å². The molecule has 1 fully saturated rings. The Kier molecular flexibility index (Phi) is 5.51. The topological polar surface area (TPSA) is 73.2 Å². The zero-order valence-corrected chi connectivity index (χ0v) is 15.6. The molecule has 3 rings (SSSR count). The van der Waals surface area contributed by atoms with Crippen molar-refractivity contribution in [2.24, 2.45) is 5.92 Å². The van der Waals surface area contributed by atoms with Crippen LogP contribution in [0.4, 0.5) is 5.00 Å². The number of thiophene rings is 2. The van der Waals surface area contributed by atoms with E-state index in [1.54, 1.807) is 0 Å². The number of hydrogen-bond acceptors (Lipinski definition) is 5. The van der Waals surface area contributed by atoms with Crippen molar-refractivity contribution in [3.63, 3.8) is 0 Å². The Morgan fingerprint density at radius 3 is 2.76 bits per heavy atom. The van der Waals surface area contributed by atoms with Crippen molar-refractivity contribution >= 4 is 39.5 Å². The summed E-state index contributed by atoms with van der Waals surface area (Å²) in [5.74, 6) is -0.123.